The standard InChI is InChI=1S/C22H17N5O2S/c1-28-17-10-5-7-15(13-17)14-30-20-18-11-6-12-23-19(18)27-21(24-20)25-22(26-27)29-16-8-3-2-4-9-16/h2-13H,14H2,1H3. The Morgan fingerprint density at radius 1 is 0.933 bits per heavy atom. The highest BCUT2D eigenvalue weighted by atomic mass is 32.2. The van der Waals surface area contributed by atoms with Crippen LogP contribution in [0.2, 0.25) is 0 Å². The molecule has 0 fully saturated rings. The number of methoxy groups -OCH3 is 1. The molecule has 5 rings (SSSR count). The Bertz CT molecular complexity index is 1320. The summed E-state index contributed by atoms with van der Waals surface area (Å²) >= 11 is 1.62. The first-order valence-corrected chi connectivity index (χ1v) is 10.3. The van der Waals surface area contributed by atoms with Crippen LogP contribution in [0, 0.1) is 0 Å². The van der Waals surface area contributed by atoms with Crippen LogP contribution in [-0.4, -0.2) is 31.7 Å². The molecule has 0 saturated heterocycles. The van der Waals surface area contributed by atoms with Crippen molar-refractivity contribution in [2.45, 2.75) is 10.8 Å². The van der Waals surface area contributed by atoms with E-state index < -0.39 is 0 Å². The lowest BCUT2D eigenvalue weighted by atomic mass is 10.2. The van der Waals surface area contributed by atoms with Crippen LogP contribution in [0.3, 0.4) is 0 Å². The first-order chi connectivity index (χ1) is 14.8. The maximum Gasteiger partial charge on any atom is 0.343 e. The SMILES string of the molecule is COc1cccc(CSc2nc3nc(Oc4ccccc4)nn3c3ncccc23)c1. The van der Waals surface area contributed by atoms with Gasteiger partial charge in [-0.2, -0.15) is 9.50 Å². The number of thioether (sulfide) groups is 1. The Morgan fingerprint density at radius 3 is 2.67 bits per heavy atom. The molecule has 0 amide bonds. The van der Waals surface area contributed by atoms with Gasteiger partial charge in [0.05, 0.1) is 12.5 Å². The van der Waals surface area contributed by atoms with E-state index in [4.69, 9.17) is 14.5 Å². The predicted octanol–water partition coefficient (Wildman–Crippen LogP) is 4.77. The van der Waals surface area contributed by atoms with E-state index in [2.05, 4.69) is 21.1 Å². The number of pyridine rings is 1. The maximum absolute atomic E-state index is 5.78. The average molecular weight is 415 g/mol. The van der Waals surface area contributed by atoms with Crippen molar-refractivity contribution < 1.29 is 9.47 Å². The Kier molecular flexibility index (Phi) is 4.90. The van der Waals surface area contributed by atoms with Crippen molar-refractivity contribution >= 4 is 28.6 Å². The predicted molar refractivity (Wildman–Crippen MR) is 115 cm³/mol. The summed E-state index contributed by atoms with van der Waals surface area (Å²) in [6.45, 7) is 0. The molecule has 148 valence electrons. The summed E-state index contributed by atoms with van der Waals surface area (Å²) in [4.78, 5) is 13.7. The minimum Gasteiger partial charge on any atom is -0.497 e. The summed E-state index contributed by atoms with van der Waals surface area (Å²) in [5.74, 6) is 2.69. The van der Waals surface area contributed by atoms with Gasteiger partial charge in [-0.25, -0.2) is 9.97 Å². The zero-order valence-electron chi connectivity index (χ0n) is 16.1. The number of hydrogen-bond donors (Lipinski definition) is 0. The molecular weight excluding hydrogens is 398 g/mol. The third kappa shape index (κ3) is 3.65. The monoisotopic (exact) mass is 415 g/mol. The number of benzene rings is 2. The average Bonchev–Trinajstić information content (AvgIpc) is 3.21. The Morgan fingerprint density at radius 2 is 1.80 bits per heavy atom. The highest BCUT2D eigenvalue weighted by Crippen LogP contribution is 2.30. The summed E-state index contributed by atoms with van der Waals surface area (Å²) in [5.41, 5.74) is 1.83. The summed E-state index contributed by atoms with van der Waals surface area (Å²) in [6.07, 6.45) is 1.73. The fourth-order valence-corrected chi connectivity index (χ4v) is 3.99. The van der Waals surface area contributed by atoms with Crippen LogP contribution in [0.4, 0.5) is 0 Å². The molecule has 0 bridgehead atoms. The van der Waals surface area contributed by atoms with Crippen molar-refractivity contribution in [2.75, 3.05) is 7.11 Å². The number of hydrogen-bond acceptors (Lipinski definition) is 7. The van der Waals surface area contributed by atoms with Gasteiger partial charge in [0.15, 0.2) is 5.65 Å². The molecule has 0 atom stereocenters. The second-order valence-electron chi connectivity index (χ2n) is 6.45. The molecule has 0 aliphatic rings. The summed E-state index contributed by atoms with van der Waals surface area (Å²) < 4.78 is 12.7. The van der Waals surface area contributed by atoms with Crippen molar-refractivity contribution in [3.8, 4) is 17.5 Å². The molecule has 0 radical (unpaired) electrons. The first kappa shape index (κ1) is 18.4. The molecule has 30 heavy (non-hydrogen) atoms. The van der Waals surface area contributed by atoms with Gasteiger partial charge in [-0.05, 0) is 42.0 Å². The number of fused-ring (bicyclic) bond motifs is 3. The summed E-state index contributed by atoms with van der Waals surface area (Å²) in [5, 5.41) is 6.20. The molecule has 8 heteroatoms. The zero-order chi connectivity index (χ0) is 20.3. The maximum atomic E-state index is 5.78. The van der Waals surface area contributed by atoms with E-state index in [1.807, 2.05) is 60.7 Å². The van der Waals surface area contributed by atoms with E-state index in [1.54, 1.807) is 29.6 Å². The smallest absolute Gasteiger partial charge is 0.343 e. The summed E-state index contributed by atoms with van der Waals surface area (Å²) in [6, 6.07) is 21.5. The van der Waals surface area contributed by atoms with Crippen molar-refractivity contribution in [1.29, 1.82) is 0 Å². The number of rotatable bonds is 6. The fraction of sp³-hybridized carbons (Fsp3) is 0.0909. The molecule has 5 aromatic rings. The minimum absolute atomic E-state index is 0.232. The van der Waals surface area contributed by atoms with Crippen molar-refractivity contribution in [2.24, 2.45) is 0 Å². The number of aromatic nitrogens is 5. The van der Waals surface area contributed by atoms with Gasteiger partial charge < -0.3 is 9.47 Å². The number of para-hydroxylation sites is 1. The normalized spacial score (nSPS) is 11.1. The molecule has 3 heterocycles. The van der Waals surface area contributed by atoms with Gasteiger partial charge in [0.2, 0.25) is 0 Å². The number of nitrogens with zero attached hydrogens (tertiary/aromatic N) is 5. The van der Waals surface area contributed by atoms with Gasteiger partial charge in [0, 0.05) is 11.9 Å². The van der Waals surface area contributed by atoms with E-state index in [-0.39, 0.29) is 6.01 Å². The second-order valence-corrected chi connectivity index (χ2v) is 7.42. The lowest BCUT2D eigenvalue weighted by molar-refractivity contribution is 0.414. The van der Waals surface area contributed by atoms with Gasteiger partial charge in [-0.3, -0.25) is 0 Å². The molecule has 2 aromatic carbocycles. The Balaban J connectivity index is 1.51. The van der Waals surface area contributed by atoms with Crippen LogP contribution in [-0.2, 0) is 5.75 Å². The molecule has 7 nitrogen and oxygen atoms in total. The highest BCUT2D eigenvalue weighted by Gasteiger charge is 2.15. The third-order valence-electron chi connectivity index (χ3n) is 4.45. The van der Waals surface area contributed by atoms with Crippen molar-refractivity contribution in [3.63, 3.8) is 0 Å². The van der Waals surface area contributed by atoms with Gasteiger partial charge in [0.25, 0.3) is 5.78 Å². The van der Waals surface area contributed by atoms with Crippen LogP contribution in [0.5, 0.6) is 17.5 Å². The van der Waals surface area contributed by atoms with Crippen LogP contribution in [0.15, 0.2) is 78.0 Å². The Labute approximate surface area is 176 Å². The topological polar surface area (TPSA) is 74.4 Å². The van der Waals surface area contributed by atoms with E-state index in [0.717, 1.165) is 27.5 Å². The summed E-state index contributed by atoms with van der Waals surface area (Å²) in [7, 11) is 1.67. The highest BCUT2D eigenvalue weighted by molar-refractivity contribution is 7.98. The first-order valence-electron chi connectivity index (χ1n) is 9.30. The van der Waals surface area contributed by atoms with E-state index in [0.29, 0.717) is 17.2 Å². The quantitative estimate of drug-likeness (QED) is 0.292. The largest absolute Gasteiger partial charge is 0.497 e. The van der Waals surface area contributed by atoms with Crippen LogP contribution < -0.4 is 9.47 Å². The second kappa shape index (κ2) is 8.00. The van der Waals surface area contributed by atoms with E-state index >= 15 is 0 Å². The van der Waals surface area contributed by atoms with Crippen LogP contribution in [0.25, 0.3) is 16.8 Å². The molecule has 0 aliphatic carbocycles. The van der Waals surface area contributed by atoms with Crippen molar-refractivity contribution in [3.05, 3.63) is 78.5 Å². The molecule has 0 unspecified atom stereocenters. The Hall–Kier alpha value is -3.65. The number of ether oxygens (including phenoxy) is 2. The lowest BCUT2D eigenvalue weighted by Gasteiger charge is -2.07. The molecule has 0 aliphatic heterocycles. The van der Waals surface area contributed by atoms with E-state index in [1.165, 1.54) is 0 Å². The molecule has 0 spiro atoms. The molecule has 3 aromatic heterocycles. The lowest BCUT2D eigenvalue weighted by Crippen LogP contribution is -1.98. The van der Waals surface area contributed by atoms with Gasteiger partial charge in [0.1, 0.15) is 16.5 Å². The zero-order valence-corrected chi connectivity index (χ0v) is 16.9. The van der Waals surface area contributed by atoms with Crippen LogP contribution >= 0.6 is 11.8 Å². The molecule has 0 saturated carbocycles. The third-order valence-corrected chi connectivity index (χ3v) is 5.51. The minimum atomic E-state index is 0.232. The van der Waals surface area contributed by atoms with Crippen LogP contribution in [0.1, 0.15) is 5.56 Å². The fourth-order valence-electron chi connectivity index (χ4n) is 3.04. The van der Waals surface area contributed by atoms with Gasteiger partial charge in [-0.15, -0.1) is 16.9 Å². The molecular formula is C22H17N5O2S. The van der Waals surface area contributed by atoms with Gasteiger partial charge in [-0.1, -0.05) is 30.3 Å². The van der Waals surface area contributed by atoms with Gasteiger partial charge >= 0.3 is 6.01 Å². The van der Waals surface area contributed by atoms with Crippen molar-refractivity contribution in [1.82, 2.24) is 24.6 Å². The molecule has 0 N–H and O–H groups in total. The van der Waals surface area contributed by atoms with E-state index in [9.17, 15) is 0 Å².